The van der Waals surface area contributed by atoms with Gasteiger partial charge in [0.25, 0.3) is 0 Å². The maximum absolute atomic E-state index is 12.1. The summed E-state index contributed by atoms with van der Waals surface area (Å²) in [5, 5.41) is 0. The Hall–Kier alpha value is -0.920. The van der Waals surface area contributed by atoms with Gasteiger partial charge in [0, 0.05) is 12.3 Å². The van der Waals surface area contributed by atoms with Crippen LogP contribution >= 0.6 is 0 Å². The van der Waals surface area contributed by atoms with Gasteiger partial charge in [0.05, 0.1) is 15.5 Å². The van der Waals surface area contributed by atoms with E-state index in [1.807, 2.05) is 13.8 Å². The molecule has 1 aromatic carbocycles. The lowest BCUT2D eigenvalue weighted by molar-refractivity contribution is 0.516. The second kappa shape index (κ2) is 5.60. The van der Waals surface area contributed by atoms with Crippen LogP contribution in [0, 0.1) is 5.92 Å². The molecule has 2 N–H and O–H groups in total. The van der Waals surface area contributed by atoms with Gasteiger partial charge >= 0.3 is 0 Å². The Kier molecular flexibility index (Phi) is 4.76. The second-order valence-electron chi connectivity index (χ2n) is 4.93. The van der Waals surface area contributed by atoms with Gasteiger partial charge in [0.1, 0.15) is 0 Å². The maximum Gasteiger partial charge on any atom is 0.179 e. The molecular weight excluding hydrogens is 286 g/mol. The maximum atomic E-state index is 12.1. The predicted octanol–water partition coefficient (Wildman–Crippen LogP) is 0.847. The average molecular weight is 305 g/mol. The van der Waals surface area contributed by atoms with Crippen LogP contribution in [0.3, 0.4) is 0 Å². The molecule has 0 aliphatic heterocycles. The Labute approximate surface area is 114 Å². The minimum atomic E-state index is -3.49. The molecule has 108 valence electrons. The van der Waals surface area contributed by atoms with Gasteiger partial charge in [-0.05, 0) is 30.2 Å². The summed E-state index contributed by atoms with van der Waals surface area (Å²) in [5.41, 5.74) is 5.76. The molecule has 7 heteroatoms. The van der Waals surface area contributed by atoms with E-state index in [-0.39, 0.29) is 21.5 Å². The summed E-state index contributed by atoms with van der Waals surface area (Å²) in [4.78, 5) is 0.190. The molecule has 1 atom stereocenters. The first-order valence-electron chi connectivity index (χ1n) is 5.82. The van der Waals surface area contributed by atoms with E-state index < -0.39 is 25.7 Å². The van der Waals surface area contributed by atoms with E-state index in [9.17, 15) is 16.8 Å². The number of hydrogen-bond acceptors (Lipinski definition) is 5. The molecule has 0 saturated carbocycles. The van der Waals surface area contributed by atoms with Crippen LogP contribution in [-0.4, -0.2) is 34.9 Å². The standard InChI is InChI=1S/C12H19NO4S2/c1-9(2)12(13)8-19(16,17)11-6-4-10(5-7-11)18(3,14)15/h4-7,9,12H,8,13H2,1-3H3. The van der Waals surface area contributed by atoms with Crippen molar-refractivity contribution in [2.45, 2.75) is 29.7 Å². The molecule has 5 nitrogen and oxygen atoms in total. The number of rotatable bonds is 5. The number of hydrogen-bond donors (Lipinski definition) is 1. The smallest absolute Gasteiger partial charge is 0.179 e. The van der Waals surface area contributed by atoms with Gasteiger partial charge in [-0.15, -0.1) is 0 Å². The molecule has 1 rings (SSSR count). The zero-order valence-corrected chi connectivity index (χ0v) is 12.8. The first-order chi connectivity index (χ1) is 8.54. The lowest BCUT2D eigenvalue weighted by Crippen LogP contribution is -2.34. The topological polar surface area (TPSA) is 94.3 Å². The van der Waals surface area contributed by atoms with Gasteiger partial charge in [-0.2, -0.15) is 0 Å². The van der Waals surface area contributed by atoms with E-state index in [0.29, 0.717) is 0 Å². The molecule has 0 fully saturated rings. The van der Waals surface area contributed by atoms with Gasteiger partial charge in [-0.1, -0.05) is 13.8 Å². The van der Waals surface area contributed by atoms with Crippen LogP contribution in [0.2, 0.25) is 0 Å². The van der Waals surface area contributed by atoms with Crippen LogP contribution in [0.5, 0.6) is 0 Å². The van der Waals surface area contributed by atoms with Crippen molar-refractivity contribution in [2.24, 2.45) is 11.7 Å². The molecule has 1 unspecified atom stereocenters. The van der Waals surface area contributed by atoms with E-state index in [1.54, 1.807) is 0 Å². The van der Waals surface area contributed by atoms with Crippen LogP contribution in [0.4, 0.5) is 0 Å². The molecule has 0 heterocycles. The fourth-order valence-electron chi connectivity index (χ4n) is 1.44. The summed E-state index contributed by atoms with van der Waals surface area (Å²) in [6.45, 7) is 3.71. The monoisotopic (exact) mass is 305 g/mol. The van der Waals surface area contributed by atoms with Gasteiger partial charge in [0.2, 0.25) is 0 Å². The highest BCUT2D eigenvalue weighted by Crippen LogP contribution is 2.17. The number of nitrogens with two attached hydrogens (primary N) is 1. The molecule has 0 aromatic heterocycles. The summed E-state index contributed by atoms with van der Waals surface area (Å²) in [5.74, 6) is -0.0897. The SMILES string of the molecule is CC(C)C(N)CS(=O)(=O)c1ccc(S(C)(=O)=O)cc1. The van der Waals surface area contributed by atoms with Crippen LogP contribution in [-0.2, 0) is 19.7 Å². The van der Waals surface area contributed by atoms with Crippen molar-refractivity contribution in [2.75, 3.05) is 12.0 Å². The van der Waals surface area contributed by atoms with Crippen molar-refractivity contribution >= 4 is 19.7 Å². The van der Waals surface area contributed by atoms with Gasteiger partial charge < -0.3 is 5.73 Å². The van der Waals surface area contributed by atoms with Crippen molar-refractivity contribution in [3.05, 3.63) is 24.3 Å². The first-order valence-corrected chi connectivity index (χ1v) is 9.37. The van der Waals surface area contributed by atoms with Crippen LogP contribution in [0.1, 0.15) is 13.8 Å². The Morgan fingerprint density at radius 2 is 1.42 bits per heavy atom. The Bertz CT molecular complexity index is 631. The first kappa shape index (κ1) is 16.1. The largest absolute Gasteiger partial charge is 0.327 e. The summed E-state index contributed by atoms with van der Waals surface area (Å²) < 4.78 is 46.7. The predicted molar refractivity (Wildman–Crippen MR) is 74.4 cm³/mol. The average Bonchev–Trinajstić information content (AvgIpc) is 2.27. The lowest BCUT2D eigenvalue weighted by atomic mass is 10.1. The minimum Gasteiger partial charge on any atom is -0.327 e. The summed E-state index contributed by atoms with van der Waals surface area (Å²) in [7, 11) is -6.81. The zero-order valence-electron chi connectivity index (χ0n) is 11.2. The molecule has 0 saturated heterocycles. The molecule has 19 heavy (non-hydrogen) atoms. The Morgan fingerprint density at radius 3 is 1.79 bits per heavy atom. The molecule has 0 bridgehead atoms. The van der Waals surface area contributed by atoms with E-state index >= 15 is 0 Å². The molecule has 0 aliphatic carbocycles. The van der Waals surface area contributed by atoms with Crippen molar-refractivity contribution in [1.82, 2.24) is 0 Å². The molecule has 0 amide bonds. The fourth-order valence-corrected chi connectivity index (χ4v) is 3.70. The highest BCUT2D eigenvalue weighted by atomic mass is 32.2. The lowest BCUT2D eigenvalue weighted by Gasteiger charge is -2.15. The number of benzene rings is 1. The highest BCUT2D eigenvalue weighted by Gasteiger charge is 2.21. The van der Waals surface area contributed by atoms with Crippen molar-refractivity contribution in [1.29, 1.82) is 0 Å². The Morgan fingerprint density at radius 1 is 1.00 bits per heavy atom. The van der Waals surface area contributed by atoms with E-state index in [0.717, 1.165) is 6.26 Å². The fraction of sp³-hybridized carbons (Fsp3) is 0.500. The van der Waals surface area contributed by atoms with E-state index in [2.05, 4.69) is 0 Å². The van der Waals surface area contributed by atoms with Crippen molar-refractivity contribution < 1.29 is 16.8 Å². The molecule has 0 radical (unpaired) electrons. The summed E-state index contributed by atoms with van der Waals surface area (Å²) in [6, 6.07) is 4.75. The molecule has 0 aliphatic rings. The quantitative estimate of drug-likeness (QED) is 0.870. The second-order valence-corrected chi connectivity index (χ2v) is 8.98. The minimum absolute atomic E-state index is 0.0602. The van der Waals surface area contributed by atoms with Crippen molar-refractivity contribution in [3.8, 4) is 0 Å². The number of sulfone groups is 2. The summed E-state index contributed by atoms with van der Waals surface area (Å²) in [6.07, 6.45) is 1.07. The van der Waals surface area contributed by atoms with E-state index in [1.165, 1.54) is 24.3 Å². The third-order valence-electron chi connectivity index (χ3n) is 2.88. The van der Waals surface area contributed by atoms with Crippen LogP contribution in [0.25, 0.3) is 0 Å². The van der Waals surface area contributed by atoms with E-state index in [4.69, 9.17) is 5.73 Å². The third-order valence-corrected chi connectivity index (χ3v) is 5.82. The van der Waals surface area contributed by atoms with Gasteiger partial charge in [0.15, 0.2) is 19.7 Å². The molecular formula is C12H19NO4S2. The third kappa shape index (κ3) is 4.29. The van der Waals surface area contributed by atoms with Gasteiger partial charge in [-0.3, -0.25) is 0 Å². The van der Waals surface area contributed by atoms with Gasteiger partial charge in [-0.25, -0.2) is 16.8 Å². The zero-order chi connectivity index (χ0) is 14.8. The van der Waals surface area contributed by atoms with Crippen LogP contribution in [0.15, 0.2) is 34.1 Å². The highest BCUT2D eigenvalue weighted by molar-refractivity contribution is 7.91. The van der Waals surface area contributed by atoms with Crippen molar-refractivity contribution in [3.63, 3.8) is 0 Å². The molecule has 0 spiro atoms. The Balaban J connectivity index is 3.04. The normalized spacial score (nSPS) is 14.6. The van der Waals surface area contributed by atoms with Crippen LogP contribution < -0.4 is 5.73 Å². The summed E-state index contributed by atoms with van der Waals surface area (Å²) >= 11 is 0. The molecule has 1 aromatic rings.